The van der Waals surface area contributed by atoms with Gasteiger partial charge in [0.15, 0.2) is 46.0 Å². The van der Waals surface area contributed by atoms with Gasteiger partial charge in [-0.25, -0.2) is 0 Å². The minimum atomic E-state index is 0.216. The Morgan fingerprint density at radius 1 is 0.208 bits per heavy atom. The molecule has 0 saturated carbocycles. The lowest BCUT2D eigenvalue weighted by molar-refractivity contribution is -0.978. The molecule has 0 atom stereocenters. The van der Waals surface area contributed by atoms with Crippen LogP contribution in [-0.2, 0) is 79.0 Å². The summed E-state index contributed by atoms with van der Waals surface area (Å²) in [5, 5.41) is 0. The number of methoxy groups -OCH3 is 4. The number of benzene rings is 12. The Bertz CT molecular complexity index is 4130. The van der Waals surface area contributed by atoms with Crippen LogP contribution in [0.3, 0.4) is 0 Å². The van der Waals surface area contributed by atoms with Crippen LogP contribution in [0.15, 0.2) is 267 Å². The molecule has 0 N–H and O–H groups in total. The molecule has 13 heteroatoms. The number of ether oxygens (including phenoxy) is 12. The normalized spacial score (nSPS) is 12.4. The lowest BCUT2D eigenvalue weighted by Crippen LogP contribution is -2.44. The standard InChI is InChI=1S/C88H80NO12/c1-90-85-77-69(45-73(94-53-61-29-13-5-14-30-61)81(85)98-57-65-37-21-9-22-38-65)49-89(50-70-46-74(95-54-62-31-15-6-16-32-62)82(86(91-2)78(70)77)99-58-66-39-23-10-24-40-66)51-71-47-75(96-55-63-33-17-7-18-34-63)83(100-59-67-41-25-11-26-42-67)87(92-3)79(71)80-72(52-89)48-76(97-56-64-35-19-8-20-36-64)84(88(80)93-4)101-60-68-43-27-12-28-44-68/h5-48H,49-60H2,1-4H3/q+1. The van der Waals surface area contributed by atoms with E-state index in [9.17, 15) is 0 Å². The van der Waals surface area contributed by atoms with E-state index in [4.69, 9.17) is 56.8 Å². The van der Waals surface area contributed by atoms with E-state index in [1.165, 1.54) is 0 Å². The number of rotatable bonds is 28. The molecule has 0 unspecified atom stereocenters. The second kappa shape index (κ2) is 31.4. The van der Waals surface area contributed by atoms with Gasteiger partial charge in [0, 0.05) is 44.5 Å². The van der Waals surface area contributed by atoms with Gasteiger partial charge < -0.3 is 61.3 Å². The Morgan fingerprint density at radius 2 is 0.366 bits per heavy atom. The summed E-state index contributed by atoms with van der Waals surface area (Å²) in [6.07, 6.45) is 0. The predicted molar refractivity (Wildman–Crippen MR) is 391 cm³/mol. The minimum absolute atomic E-state index is 0.216. The zero-order chi connectivity index (χ0) is 68.7. The third-order valence-electron chi connectivity index (χ3n) is 18.3. The van der Waals surface area contributed by atoms with E-state index in [1.54, 1.807) is 28.4 Å². The van der Waals surface area contributed by atoms with Crippen LogP contribution in [0, 0.1) is 0 Å². The monoisotopic (exact) mass is 1340 g/mol. The van der Waals surface area contributed by atoms with Gasteiger partial charge in [0.1, 0.15) is 79.0 Å². The molecule has 0 radical (unpaired) electrons. The lowest BCUT2D eigenvalue weighted by Gasteiger charge is -2.38. The molecule has 0 bridgehead atoms. The number of fused-ring (bicyclic) bond motifs is 6. The average molecular weight is 1340 g/mol. The smallest absolute Gasteiger partial charge is 0.204 e. The van der Waals surface area contributed by atoms with Gasteiger partial charge >= 0.3 is 0 Å². The topological polar surface area (TPSA) is 111 Å². The van der Waals surface area contributed by atoms with Crippen molar-refractivity contribution in [2.45, 2.75) is 79.0 Å². The molecule has 2 heterocycles. The molecule has 2 aliphatic rings. The first-order valence-corrected chi connectivity index (χ1v) is 34.0. The van der Waals surface area contributed by atoms with E-state index in [1.807, 2.05) is 194 Å². The zero-order valence-corrected chi connectivity index (χ0v) is 57.2. The Labute approximate surface area is 590 Å². The van der Waals surface area contributed by atoms with E-state index >= 15 is 0 Å². The van der Waals surface area contributed by atoms with Crippen molar-refractivity contribution in [1.82, 2.24) is 0 Å². The van der Waals surface area contributed by atoms with Gasteiger partial charge in [0.05, 0.1) is 28.4 Å². The van der Waals surface area contributed by atoms with Crippen LogP contribution in [0.5, 0.6) is 69.0 Å². The number of quaternary nitrogens is 1. The molecule has 0 amide bonds. The van der Waals surface area contributed by atoms with Gasteiger partial charge in [-0.2, -0.15) is 0 Å². The summed E-state index contributed by atoms with van der Waals surface area (Å²) in [5.74, 6) is 5.53. The highest BCUT2D eigenvalue weighted by atomic mass is 16.6. The Kier molecular flexibility index (Phi) is 20.6. The van der Waals surface area contributed by atoms with Crippen LogP contribution in [-0.4, -0.2) is 32.9 Å². The van der Waals surface area contributed by atoms with Crippen molar-refractivity contribution in [3.8, 4) is 91.2 Å². The number of nitrogens with zero attached hydrogens (tertiary/aromatic N) is 1. The molecule has 2 aliphatic heterocycles. The van der Waals surface area contributed by atoms with Crippen LogP contribution >= 0.6 is 0 Å². The zero-order valence-electron chi connectivity index (χ0n) is 57.2. The molecule has 12 aromatic carbocycles. The maximum atomic E-state index is 7.10. The molecular weight excluding hydrogens is 1260 g/mol. The van der Waals surface area contributed by atoms with Crippen molar-refractivity contribution in [1.29, 1.82) is 0 Å². The second-order valence-corrected chi connectivity index (χ2v) is 25.3. The maximum absolute atomic E-state index is 7.10. The van der Waals surface area contributed by atoms with Gasteiger partial charge in [-0.1, -0.05) is 243 Å². The Morgan fingerprint density at radius 3 is 0.525 bits per heavy atom. The van der Waals surface area contributed by atoms with Crippen LogP contribution in [0.25, 0.3) is 22.3 Å². The average Bonchev–Trinajstić information content (AvgIpc) is 1.60. The van der Waals surface area contributed by atoms with E-state index in [2.05, 4.69) is 72.8 Å². The van der Waals surface area contributed by atoms with Gasteiger partial charge in [0.25, 0.3) is 0 Å². The molecule has 0 aliphatic carbocycles. The highest BCUT2D eigenvalue weighted by Crippen LogP contribution is 2.61. The largest absolute Gasteiger partial charge is 0.492 e. The molecule has 13 nitrogen and oxygen atoms in total. The summed E-state index contributed by atoms with van der Waals surface area (Å²) in [4.78, 5) is 0. The van der Waals surface area contributed by atoms with E-state index in [0.717, 1.165) is 89.0 Å². The van der Waals surface area contributed by atoms with Crippen LogP contribution in [0.2, 0.25) is 0 Å². The quantitative estimate of drug-likeness (QED) is 0.0435. The highest BCUT2D eigenvalue weighted by molar-refractivity contribution is 5.90. The first-order chi connectivity index (χ1) is 49.8. The van der Waals surface area contributed by atoms with Crippen molar-refractivity contribution in [2.24, 2.45) is 0 Å². The maximum Gasteiger partial charge on any atom is 0.204 e. The van der Waals surface area contributed by atoms with Crippen molar-refractivity contribution < 1.29 is 61.3 Å². The highest BCUT2D eigenvalue weighted by Gasteiger charge is 2.45. The van der Waals surface area contributed by atoms with Crippen molar-refractivity contribution in [3.05, 3.63) is 334 Å². The number of hydrogen-bond acceptors (Lipinski definition) is 12. The van der Waals surface area contributed by atoms with Crippen molar-refractivity contribution in [2.75, 3.05) is 28.4 Å². The third kappa shape index (κ3) is 15.1. The summed E-state index contributed by atoms with van der Waals surface area (Å²) in [5.41, 5.74) is 14.3. The fourth-order valence-electron chi connectivity index (χ4n) is 13.7. The summed E-state index contributed by atoms with van der Waals surface area (Å²) >= 11 is 0. The van der Waals surface area contributed by atoms with E-state index < -0.39 is 0 Å². The molecule has 1 spiro atoms. The summed E-state index contributed by atoms with van der Waals surface area (Å²) in [6.45, 7) is 3.36. The fraction of sp³-hybridized carbons (Fsp3) is 0.182. The fourth-order valence-corrected chi connectivity index (χ4v) is 13.7. The van der Waals surface area contributed by atoms with Gasteiger partial charge in [-0.15, -0.1) is 0 Å². The van der Waals surface area contributed by atoms with Gasteiger partial charge in [0.2, 0.25) is 23.0 Å². The summed E-state index contributed by atoms with van der Waals surface area (Å²) in [7, 11) is 6.77. The Balaban J connectivity index is 1.05. The molecule has 101 heavy (non-hydrogen) atoms. The predicted octanol–water partition coefficient (Wildman–Crippen LogP) is 19.2. The van der Waals surface area contributed by atoms with Crippen molar-refractivity contribution in [3.63, 3.8) is 0 Å². The van der Waals surface area contributed by atoms with Gasteiger partial charge in [-0.3, -0.25) is 0 Å². The number of hydrogen-bond donors (Lipinski definition) is 0. The van der Waals surface area contributed by atoms with Gasteiger partial charge in [-0.05, 0) is 68.8 Å². The van der Waals surface area contributed by atoms with Crippen molar-refractivity contribution >= 4 is 0 Å². The van der Waals surface area contributed by atoms with Crippen LogP contribution in [0.1, 0.15) is 66.8 Å². The molecule has 0 fully saturated rings. The summed E-state index contributed by atoms with van der Waals surface area (Å²) in [6, 6.07) is 89.6. The van der Waals surface area contributed by atoms with E-state index in [0.29, 0.717) is 99.7 Å². The second-order valence-electron chi connectivity index (χ2n) is 25.3. The molecule has 0 saturated heterocycles. The Hall–Kier alpha value is -11.8. The van der Waals surface area contributed by atoms with E-state index in [-0.39, 0.29) is 52.9 Å². The molecule has 508 valence electrons. The first kappa shape index (κ1) is 66.4. The molecule has 12 aromatic rings. The lowest BCUT2D eigenvalue weighted by atomic mass is 9.93. The molecule has 0 aromatic heterocycles. The minimum Gasteiger partial charge on any atom is -0.492 e. The SMILES string of the molecule is COc1c(OCc2ccccc2)c(OCc2ccccc2)cc2c1-c1c(cc(OCc3ccccc3)c(OCc3ccccc3)c1OC)C[N+]1(C2)Cc2cc(OCc3ccccc3)c(OCc3ccccc3)c(OC)c2-c2c(cc(OCc3ccccc3)c(OCc3ccccc3)c2OC)C1. The van der Waals surface area contributed by atoms with Crippen LogP contribution in [0.4, 0.5) is 0 Å². The summed E-state index contributed by atoms with van der Waals surface area (Å²) < 4.78 is 84.6. The first-order valence-electron chi connectivity index (χ1n) is 34.0. The third-order valence-corrected chi connectivity index (χ3v) is 18.3. The van der Waals surface area contributed by atoms with Crippen LogP contribution < -0.4 is 56.8 Å². The molecule has 14 rings (SSSR count). The molecular formula is C88H80NO12+.